The Labute approximate surface area is 170 Å². The molecule has 8 nitrogen and oxygen atoms in total. The molecule has 1 amide bonds. The zero-order valence-electron chi connectivity index (χ0n) is 16.1. The number of para-hydroxylation sites is 1. The summed E-state index contributed by atoms with van der Waals surface area (Å²) in [6.07, 6.45) is 0.172. The summed E-state index contributed by atoms with van der Waals surface area (Å²) < 4.78 is 31.8. The first-order valence-electron chi connectivity index (χ1n) is 8.69. The van der Waals surface area contributed by atoms with Crippen LogP contribution in [0.1, 0.15) is 16.8 Å². The molecule has 0 fully saturated rings. The van der Waals surface area contributed by atoms with E-state index in [4.69, 9.17) is 10.00 Å². The van der Waals surface area contributed by atoms with Crippen LogP contribution in [0.15, 0.2) is 59.5 Å². The Balaban J connectivity index is 2.11. The van der Waals surface area contributed by atoms with Crippen molar-refractivity contribution in [2.75, 3.05) is 31.6 Å². The van der Waals surface area contributed by atoms with Gasteiger partial charge in [-0.2, -0.15) is 5.26 Å². The van der Waals surface area contributed by atoms with E-state index in [2.05, 4.69) is 0 Å². The molecule has 0 atom stereocenters. The minimum Gasteiger partial charge on any atom is -0.452 e. The van der Waals surface area contributed by atoms with E-state index in [1.165, 1.54) is 43.3 Å². The molecule has 0 saturated heterocycles. The Bertz CT molecular complexity index is 1020. The van der Waals surface area contributed by atoms with E-state index in [1.54, 1.807) is 30.3 Å². The first-order valence-corrected chi connectivity index (χ1v) is 10.1. The second-order valence-corrected chi connectivity index (χ2v) is 8.10. The zero-order chi connectivity index (χ0) is 21.4. The van der Waals surface area contributed by atoms with Gasteiger partial charge < -0.3 is 9.64 Å². The van der Waals surface area contributed by atoms with Crippen LogP contribution in [0, 0.1) is 11.3 Å². The van der Waals surface area contributed by atoms with Crippen molar-refractivity contribution in [3.63, 3.8) is 0 Å². The summed E-state index contributed by atoms with van der Waals surface area (Å²) in [6.45, 7) is -0.270. The Morgan fingerprint density at radius 1 is 1.07 bits per heavy atom. The van der Waals surface area contributed by atoms with Gasteiger partial charge in [-0.25, -0.2) is 13.2 Å². The summed E-state index contributed by atoms with van der Waals surface area (Å²) in [7, 11) is -0.961. The summed E-state index contributed by atoms with van der Waals surface area (Å²) in [5.41, 5.74) is 0.492. The number of anilines is 1. The van der Waals surface area contributed by atoms with Gasteiger partial charge in [0.05, 0.1) is 28.6 Å². The molecule has 0 bridgehead atoms. The lowest BCUT2D eigenvalue weighted by molar-refractivity contribution is -0.133. The number of hydrogen-bond donors (Lipinski definition) is 0. The van der Waals surface area contributed by atoms with E-state index >= 15 is 0 Å². The van der Waals surface area contributed by atoms with E-state index in [0.29, 0.717) is 5.69 Å². The number of nitrogens with zero attached hydrogens (tertiary/aromatic N) is 3. The fourth-order valence-corrected chi connectivity index (χ4v) is 3.62. The monoisotopic (exact) mass is 415 g/mol. The lowest BCUT2D eigenvalue weighted by Crippen LogP contribution is -2.32. The number of rotatable bonds is 8. The molecule has 0 heterocycles. The van der Waals surface area contributed by atoms with Gasteiger partial charge in [0.15, 0.2) is 6.61 Å². The number of hydrogen-bond acceptors (Lipinski definition) is 6. The molecule has 2 aromatic carbocycles. The van der Waals surface area contributed by atoms with E-state index < -0.39 is 28.5 Å². The Morgan fingerprint density at radius 3 is 2.41 bits per heavy atom. The van der Waals surface area contributed by atoms with Gasteiger partial charge in [-0.1, -0.05) is 24.3 Å². The first kappa shape index (κ1) is 21.9. The highest BCUT2D eigenvalue weighted by molar-refractivity contribution is 7.92. The van der Waals surface area contributed by atoms with Gasteiger partial charge in [-0.3, -0.25) is 9.10 Å². The van der Waals surface area contributed by atoms with Gasteiger partial charge in [0.1, 0.15) is 0 Å². The molecule has 0 N–H and O–H groups in total. The number of benzene rings is 2. The molecule has 0 saturated carbocycles. The molecule has 152 valence electrons. The van der Waals surface area contributed by atoms with Crippen LogP contribution < -0.4 is 4.31 Å². The van der Waals surface area contributed by atoms with Gasteiger partial charge in [0, 0.05) is 20.6 Å². The van der Waals surface area contributed by atoms with Crippen molar-refractivity contribution in [2.24, 2.45) is 0 Å². The summed E-state index contributed by atoms with van der Waals surface area (Å²) >= 11 is 0. The van der Waals surface area contributed by atoms with Crippen LogP contribution in [0.5, 0.6) is 0 Å². The summed E-state index contributed by atoms with van der Waals surface area (Å²) in [6, 6.07) is 15.9. The number of amides is 1. The molecule has 0 aromatic heterocycles. The molecular weight excluding hydrogens is 394 g/mol. The molecule has 9 heteroatoms. The average molecular weight is 415 g/mol. The maximum atomic E-state index is 12.8. The highest BCUT2D eigenvalue weighted by Gasteiger charge is 2.23. The number of ether oxygens (including phenoxy) is 1. The third kappa shape index (κ3) is 5.56. The van der Waals surface area contributed by atoms with Crippen LogP contribution >= 0.6 is 0 Å². The quantitative estimate of drug-likeness (QED) is 0.611. The van der Waals surface area contributed by atoms with Gasteiger partial charge >= 0.3 is 5.97 Å². The zero-order valence-corrected chi connectivity index (χ0v) is 16.9. The van der Waals surface area contributed by atoms with Gasteiger partial charge in [0.2, 0.25) is 0 Å². The molecule has 0 unspecified atom stereocenters. The predicted molar refractivity (Wildman–Crippen MR) is 107 cm³/mol. The largest absolute Gasteiger partial charge is 0.452 e. The van der Waals surface area contributed by atoms with Gasteiger partial charge in [0.25, 0.3) is 15.9 Å². The minimum atomic E-state index is -3.88. The predicted octanol–water partition coefficient (Wildman–Crippen LogP) is 2.04. The van der Waals surface area contributed by atoms with Crippen LogP contribution in [0.4, 0.5) is 5.69 Å². The second kappa shape index (κ2) is 9.71. The summed E-state index contributed by atoms with van der Waals surface area (Å²) in [4.78, 5) is 25.4. The smallest absolute Gasteiger partial charge is 0.338 e. The van der Waals surface area contributed by atoms with E-state index in [-0.39, 0.29) is 23.4 Å². The van der Waals surface area contributed by atoms with Crippen molar-refractivity contribution in [1.29, 1.82) is 5.26 Å². The standard InChI is InChI=1S/C20H21N3O5S/c1-22(13-7-12-21)19(24)15-28-20(25)16-8-6-11-18(14-16)29(26,27)23(2)17-9-4-3-5-10-17/h3-6,8-11,14H,7,13,15H2,1-2H3. The summed E-state index contributed by atoms with van der Waals surface area (Å²) in [5, 5.41) is 8.54. The average Bonchev–Trinajstić information content (AvgIpc) is 2.75. The highest BCUT2D eigenvalue weighted by Crippen LogP contribution is 2.22. The second-order valence-electron chi connectivity index (χ2n) is 6.14. The van der Waals surface area contributed by atoms with Crippen molar-refractivity contribution >= 4 is 27.6 Å². The summed E-state index contributed by atoms with van der Waals surface area (Å²) in [5.74, 6) is -1.27. The normalized spacial score (nSPS) is 10.7. The Hall–Kier alpha value is -3.38. The fraction of sp³-hybridized carbons (Fsp3) is 0.250. The molecule has 2 rings (SSSR count). The first-order chi connectivity index (χ1) is 13.8. The van der Waals surface area contributed by atoms with Crippen molar-refractivity contribution in [3.8, 4) is 6.07 Å². The molecule has 29 heavy (non-hydrogen) atoms. The molecular formula is C20H21N3O5S. The maximum Gasteiger partial charge on any atom is 0.338 e. The number of likely N-dealkylation sites (N-methyl/N-ethyl adjacent to an activating group) is 1. The fourth-order valence-electron chi connectivity index (χ4n) is 2.38. The highest BCUT2D eigenvalue weighted by atomic mass is 32.2. The SMILES string of the molecule is CN(CCC#N)C(=O)COC(=O)c1cccc(S(=O)(=O)N(C)c2ccccc2)c1. The van der Waals surface area contributed by atoms with Crippen LogP contribution in [0.2, 0.25) is 0 Å². The van der Waals surface area contributed by atoms with E-state index in [0.717, 1.165) is 4.31 Å². The van der Waals surface area contributed by atoms with Crippen molar-refractivity contribution in [1.82, 2.24) is 4.90 Å². The van der Waals surface area contributed by atoms with Crippen molar-refractivity contribution in [2.45, 2.75) is 11.3 Å². The van der Waals surface area contributed by atoms with Crippen molar-refractivity contribution in [3.05, 3.63) is 60.2 Å². The van der Waals surface area contributed by atoms with Gasteiger partial charge in [-0.05, 0) is 30.3 Å². The number of carbonyl (C=O) groups excluding carboxylic acids is 2. The topological polar surface area (TPSA) is 108 Å². The lowest BCUT2D eigenvalue weighted by Gasteiger charge is -2.19. The molecule has 0 spiro atoms. The molecule has 0 aliphatic carbocycles. The van der Waals surface area contributed by atoms with Crippen LogP contribution in [0.3, 0.4) is 0 Å². The molecule has 0 aliphatic rings. The maximum absolute atomic E-state index is 12.8. The van der Waals surface area contributed by atoms with E-state index in [1.807, 2.05) is 6.07 Å². The molecule has 2 aromatic rings. The van der Waals surface area contributed by atoms with Crippen molar-refractivity contribution < 1.29 is 22.7 Å². The number of sulfonamides is 1. The van der Waals surface area contributed by atoms with Gasteiger partial charge in [-0.15, -0.1) is 0 Å². The van der Waals surface area contributed by atoms with E-state index in [9.17, 15) is 18.0 Å². The lowest BCUT2D eigenvalue weighted by atomic mass is 10.2. The van der Waals surface area contributed by atoms with Crippen LogP contribution in [0.25, 0.3) is 0 Å². The third-order valence-electron chi connectivity index (χ3n) is 4.16. The Morgan fingerprint density at radius 2 is 1.76 bits per heavy atom. The minimum absolute atomic E-state index is 0.0139. The third-order valence-corrected chi connectivity index (χ3v) is 5.94. The van der Waals surface area contributed by atoms with Crippen LogP contribution in [-0.4, -0.2) is 52.4 Å². The number of esters is 1. The Kier molecular flexibility index (Phi) is 7.33. The molecule has 0 radical (unpaired) electrons. The molecule has 0 aliphatic heterocycles. The number of carbonyl (C=O) groups is 2. The number of nitriles is 1. The van der Waals surface area contributed by atoms with Crippen LogP contribution in [-0.2, 0) is 19.6 Å².